The Hall–Kier alpha value is -0.990. The second-order valence-electron chi connectivity index (χ2n) is 1.80. The highest BCUT2D eigenvalue weighted by atomic mass is 15.3. The molecular weight excluding hydrogens is 114 g/mol. The summed E-state index contributed by atoms with van der Waals surface area (Å²) in [6.07, 6.45) is 4.68. The van der Waals surface area contributed by atoms with Gasteiger partial charge >= 0.3 is 0 Å². The van der Waals surface area contributed by atoms with Crippen LogP contribution >= 0.6 is 0 Å². The molecule has 1 radical (unpaired) electrons. The number of nitrogens with zero attached hydrogens (tertiary/aromatic N) is 3. The largest absolute Gasteiger partial charge is 0.135 e. The average Bonchev–Trinajstić information content (AvgIpc) is 1.91. The van der Waals surface area contributed by atoms with Crippen LogP contribution in [0.25, 0.3) is 0 Å². The fraction of sp³-hybridized carbons (Fsp3) is 0.500. The molecule has 9 heavy (non-hydrogen) atoms. The molecule has 3 heteroatoms. The van der Waals surface area contributed by atoms with Crippen molar-refractivity contribution >= 4 is 0 Å². The van der Waals surface area contributed by atoms with Gasteiger partial charge in [-0.1, -0.05) is 13.3 Å². The van der Waals surface area contributed by atoms with Gasteiger partial charge < -0.3 is 0 Å². The van der Waals surface area contributed by atoms with E-state index in [1.54, 1.807) is 6.07 Å². The number of aryl methyl sites for hydroxylation is 1. The molecule has 1 aromatic rings. The molecule has 0 aliphatic carbocycles. The van der Waals surface area contributed by atoms with Crippen LogP contribution in [0.5, 0.6) is 0 Å². The van der Waals surface area contributed by atoms with Crippen molar-refractivity contribution in [1.82, 2.24) is 15.4 Å². The maximum absolute atomic E-state index is 3.78. The van der Waals surface area contributed by atoms with Gasteiger partial charge in [-0.3, -0.25) is 0 Å². The van der Waals surface area contributed by atoms with E-state index < -0.39 is 0 Å². The van der Waals surface area contributed by atoms with Crippen LogP contribution in [-0.4, -0.2) is 15.4 Å². The van der Waals surface area contributed by atoms with Crippen LogP contribution in [0.1, 0.15) is 19.0 Å². The summed E-state index contributed by atoms with van der Waals surface area (Å²) in [6, 6.07) is 1.76. The summed E-state index contributed by atoms with van der Waals surface area (Å²) < 4.78 is 0. The topological polar surface area (TPSA) is 38.7 Å². The van der Waals surface area contributed by atoms with Gasteiger partial charge in [-0.15, -0.1) is 10.2 Å². The van der Waals surface area contributed by atoms with Gasteiger partial charge in [0.2, 0.25) is 0 Å². The second kappa shape index (κ2) is 3.12. The van der Waals surface area contributed by atoms with Gasteiger partial charge in [0.05, 0.1) is 5.69 Å². The zero-order chi connectivity index (χ0) is 6.53. The van der Waals surface area contributed by atoms with Crippen LogP contribution in [0.2, 0.25) is 0 Å². The molecule has 0 spiro atoms. The molecule has 0 fully saturated rings. The van der Waals surface area contributed by atoms with Crippen molar-refractivity contribution in [3.63, 3.8) is 0 Å². The first-order chi connectivity index (χ1) is 4.43. The summed E-state index contributed by atoms with van der Waals surface area (Å²) in [5.74, 6) is 0. The van der Waals surface area contributed by atoms with E-state index in [0.29, 0.717) is 0 Å². The summed E-state index contributed by atoms with van der Waals surface area (Å²) in [5, 5.41) is 10.7. The van der Waals surface area contributed by atoms with Crippen molar-refractivity contribution < 1.29 is 0 Å². The van der Waals surface area contributed by atoms with Gasteiger partial charge in [0.25, 0.3) is 0 Å². The highest BCUT2D eigenvalue weighted by Crippen LogP contribution is 1.92. The first-order valence-corrected chi connectivity index (χ1v) is 2.99. The van der Waals surface area contributed by atoms with E-state index >= 15 is 0 Å². The summed E-state index contributed by atoms with van der Waals surface area (Å²) >= 11 is 0. The van der Waals surface area contributed by atoms with Crippen molar-refractivity contribution in [2.75, 3.05) is 0 Å². The predicted molar refractivity (Wildman–Crippen MR) is 32.7 cm³/mol. The van der Waals surface area contributed by atoms with Crippen molar-refractivity contribution in [3.8, 4) is 0 Å². The minimum atomic E-state index is 0.964. The fourth-order valence-corrected chi connectivity index (χ4v) is 0.616. The van der Waals surface area contributed by atoms with Crippen molar-refractivity contribution in [2.24, 2.45) is 0 Å². The number of rotatable bonds is 2. The van der Waals surface area contributed by atoms with Gasteiger partial charge in [-0.05, 0) is 17.7 Å². The summed E-state index contributed by atoms with van der Waals surface area (Å²) in [5.41, 5.74) is 0.965. The number of hydrogen-bond donors (Lipinski definition) is 0. The third kappa shape index (κ3) is 1.76. The molecule has 0 unspecified atom stereocenters. The van der Waals surface area contributed by atoms with Gasteiger partial charge in [-0.25, -0.2) is 0 Å². The predicted octanol–water partition coefficient (Wildman–Crippen LogP) is 0.624. The van der Waals surface area contributed by atoms with Crippen LogP contribution in [0.15, 0.2) is 6.07 Å². The molecule has 0 bridgehead atoms. The molecule has 1 aromatic heterocycles. The average molecular weight is 122 g/mol. The highest BCUT2D eigenvalue weighted by Gasteiger charge is 1.88. The van der Waals surface area contributed by atoms with Crippen molar-refractivity contribution in [2.45, 2.75) is 19.8 Å². The Morgan fingerprint density at radius 3 is 3.11 bits per heavy atom. The molecule has 47 valence electrons. The Labute approximate surface area is 54.1 Å². The van der Waals surface area contributed by atoms with Crippen LogP contribution in [-0.2, 0) is 6.42 Å². The Balaban J connectivity index is 2.61. The van der Waals surface area contributed by atoms with Gasteiger partial charge in [0.1, 0.15) is 6.20 Å². The summed E-state index contributed by atoms with van der Waals surface area (Å²) in [6.45, 7) is 2.10. The Bertz CT molecular complexity index is 161. The zero-order valence-corrected chi connectivity index (χ0v) is 5.33. The quantitative estimate of drug-likeness (QED) is 0.577. The molecule has 0 aromatic carbocycles. The molecule has 0 saturated carbocycles. The van der Waals surface area contributed by atoms with Crippen LogP contribution < -0.4 is 0 Å². The van der Waals surface area contributed by atoms with E-state index in [9.17, 15) is 0 Å². The summed E-state index contributed by atoms with van der Waals surface area (Å²) in [7, 11) is 0. The Morgan fingerprint density at radius 2 is 2.56 bits per heavy atom. The first kappa shape index (κ1) is 6.13. The van der Waals surface area contributed by atoms with Crippen LogP contribution in [0.3, 0.4) is 0 Å². The van der Waals surface area contributed by atoms with Gasteiger partial charge in [0, 0.05) is 0 Å². The van der Waals surface area contributed by atoms with Gasteiger partial charge in [0.15, 0.2) is 0 Å². The molecule has 0 atom stereocenters. The number of aromatic nitrogens is 3. The van der Waals surface area contributed by atoms with Crippen LogP contribution in [0.4, 0.5) is 0 Å². The summed E-state index contributed by atoms with van der Waals surface area (Å²) in [4.78, 5) is 0. The third-order valence-electron chi connectivity index (χ3n) is 1.01. The fourth-order valence-electron chi connectivity index (χ4n) is 0.616. The standard InChI is InChI=1S/C6H8N3/c1-2-3-6-4-5-7-9-8-6/h4H,2-3H2,1H3. The molecule has 1 heterocycles. The minimum Gasteiger partial charge on any atom is -0.135 e. The molecule has 0 aliphatic rings. The maximum atomic E-state index is 3.78. The molecule has 3 nitrogen and oxygen atoms in total. The SMILES string of the molecule is CCCc1c[c]nnn1. The lowest BCUT2D eigenvalue weighted by Gasteiger charge is -1.89. The Kier molecular flexibility index (Phi) is 2.13. The molecule has 0 saturated heterocycles. The Morgan fingerprint density at radius 1 is 1.67 bits per heavy atom. The third-order valence-corrected chi connectivity index (χ3v) is 1.01. The lowest BCUT2D eigenvalue weighted by molar-refractivity contribution is 0.776. The molecule has 0 N–H and O–H groups in total. The zero-order valence-electron chi connectivity index (χ0n) is 5.33. The smallest absolute Gasteiger partial charge is 0.117 e. The highest BCUT2D eigenvalue weighted by molar-refractivity contribution is 4.93. The molecule has 0 amide bonds. The van der Waals surface area contributed by atoms with E-state index in [2.05, 4.69) is 28.5 Å². The van der Waals surface area contributed by atoms with Gasteiger partial charge in [-0.2, -0.15) is 0 Å². The lowest BCUT2D eigenvalue weighted by Crippen LogP contribution is -1.92. The molecule has 0 aliphatic heterocycles. The number of hydrogen-bond acceptors (Lipinski definition) is 3. The maximum Gasteiger partial charge on any atom is 0.117 e. The molecular formula is C6H8N3. The van der Waals surface area contributed by atoms with E-state index in [0.717, 1.165) is 18.5 Å². The molecule has 1 rings (SSSR count). The van der Waals surface area contributed by atoms with E-state index in [4.69, 9.17) is 0 Å². The lowest BCUT2D eigenvalue weighted by atomic mass is 10.2. The van der Waals surface area contributed by atoms with E-state index in [-0.39, 0.29) is 0 Å². The van der Waals surface area contributed by atoms with Crippen molar-refractivity contribution in [3.05, 3.63) is 18.0 Å². The van der Waals surface area contributed by atoms with Crippen molar-refractivity contribution in [1.29, 1.82) is 0 Å². The normalized spacial score (nSPS) is 9.44. The minimum absolute atomic E-state index is 0.964. The second-order valence-corrected chi connectivity index (χ2v) is 1.80. The van der Waals surface area contributed by atoms with E-state index in [1.807, 2.05) is 0 Å². The first-order valence-electron chi connectivity index (χ1n) is 2.99. The van der Waals surface area contributed by atoms with E-state index in [1.165, 1.54) is 0 Å². The monoisotopic (exact) mass is 122 g/mol. The van der Waals surface area contributed by atoms with Crippen LogP contribution in [0, 0.1) is 6.20 Å².